The molecular formula is C13H13BrN2O4S. The molecule has 1 heterocycles. The van der Waals surface area contributed by atoms with E-state index < -0.39 is 15.8 Å². The van der Waals surface area contributed by atoms with Crippen LogP contribution in [0.2, 0.25) is 0 Å². The number of carboxylic acid groups (broad SMARTS) is 1. The van der Waals surface area contributed by atoms with Crippen molar-refractivity contribution in [3.63, 3.8) is 0 Å². The van der Waals surface area contributed by atoms with Crippen molar-refractivity contribution in [3.8, 4) is 0 Å². The monoisotopic (exact) mass is 372 g/mol. The number of carbonyl (C=O) groups is 1. The van der Waals surface area contributed by atoms with Crippen molar-refractivity contribution in [1.29, 1.82) is 0 Å². The number of carboxylic acids is 1. The second-order valence-corrected chi connectivity index (χ2v) is 7.44. The van der Waals surface area contributed by atoms with Crippen molar-refractivity contribution < 1.29 is 18.3 Å². The summed E-state index contributed by atoms with van der Waals surface area (Å²) in [5.41, 5.74) is 0.444. The van der Waals surface area contributed by atoms with Gasteiger partial charge in [0.25, 0.3) is 0 Å². The minimum atomic E-state index is -3.59. The van der Waals surface area contributed by atoms with E-state index in [0.29, 0.717) is 10.0 Å². The van der Waals surface area contributed by atoms with Crippen LogP contribution < -0.4 is 0 Å². The summed E-state index contributed by atoms with van der Waals surface area (Å²) in [7, 11) is -3.59. The molecule has 2 rings (SSSR count). The first kappa shape index (κ1) is 15.7. The van der Waals surface area contributed by atoms with E-state index >= 15 is 0 Å². The lowest BCUT2D eigenvalue weighted by atomic mass is 10.1. The summed E-state index contributed by atoms with van der Waals surface area (Å²) < 4.78 is 27.0. The number of aryl methyl sites for hydroxylation is 1. The molecule has 0 atom stereocenters. The smallest absolute Gasteiger partial charge is 0.335 e. The van der Waals surface area contributed by atoms with E-state index in [9.17, 15) is 13.2 Å². The molecule has 0 radical (unpaired) electrons. The summed E-state index contributed by atoms with van der Waals surface area (Å²) >= 11 is 3.20. The summed E-state index contributed by atoms with van der Waals surface area (Å²) in [6.45, 7) is 1.90. The van der Waals surface area contributed by atoms with Gasteiger partial charge in [-0.1, -0.05) is 15.9 Å². The van der Waals surface area contributed by atoms with E-state index in [1.807, 2.05) is 0 Å². The number of sulfone groups is 1. The molecule has 6 nitrogen and oxygen atoms in total. The highest BCUT2D eigenvalue weighted by Gasteiger charge is 2.21. The Kier molecular flexibility index (Phi) is 4.48. The zero-order valence-electron chi connectivity index (χ0n) is 11.2. The van der Waals surface area contributed by atoms with Crippen molar-refractivity contribution in [2.75, 3.05) is 5.75 Å². The second-order valence-electron chi connectivity index (χ2n) is 4.51. The Labute approximate surface area is 130 Å². The van der Waals surface area contributed by atoms with Crippen molar-refractivity contribution in [2.45, 2.75) is 18.4 Å². The molecule has 0 amide bonds. The minimum Gasteiger partial charge on any atom is -0.478 e. The lowest BCUT2D eigenvalue weighted by Gasteiger charge is -2.11. The number of benzene rings is 1. The van der Waals surface area contributed by atoms with Crippen LogP contribution in [0.15, 0.2) is 40.2 Å². The highest BCUT2D eigenvalue weighted by Crippen LogP contribution is 2.26. The zero-order valence-corrected chi connectivity index (χ0v) is 13.6. The topological polar surface area (TPSA) is 89.3 Å². The predicted molar refractivity (Wildman–Crippen MR) is 80.1 cm³/mol. The van der Waals surface area contributed by atoms with Gasteiger partial charge in [0, 0.05) is 23.4 Å². The molecule has 1 N–H and O–H groups in total. The fourth-order valence-corrected chi connectivity index (χ4v) is 4.00. The van der Waals surface area contributed by atoms with E-state index in [0.717, 1.165) is 0 Å². The first-order valence-electron chi connectivity index (χ1n) is 6.03. The quantitative estimate of drug-likeness (QED) is 0.867. The normalized spacial score (nSPS) is 11.5. The Hall–Kier alpha value is -1.67. The predicted octanol–water partition coefficient (Wildman–Crippen LogP) is 2.13. The molecule has 1 aromatic carbocycles. The minimum absolute atomic E-state index is 0.0365. The zero-order chi connectivity index (χ0) is 15.6. The molecule has 0 saturated heterocycles. The Bertz CT molecular complexity index is 770. The standard InChI is InChI=1S/C13H13BrN2O4S/c1-9-11(14)6-10(13(17)18)7-12(9)21(19,20)5-4-16-3-2-15-8-16/h2-3,6-8H,4-5H2,1H3,(H,17,18). The van der Waals surface area contributed by atoms with Crippen LogP contribution >= 0.6 is 15.9 Å². The Morgan fingerprint density at radius 2 is 2.14 bits per heavy atom. The molecule has 1 aromatic heterocycles. The molecule has 0 unspecified atom stereocenters. The van der Waals surface area contributed by atoms with Crippen molar-refractivity contribution in [1.82, 2.24) is 9.55 Å². The maximum Gasteiger partial charge on any atom is 0.335 e. The van der Waals surface area contributed by atoms with Gasteiger partial charge in [-0.2, -0.15) is 0 Å². The van der Waals surface area contributed by atoms with E-state index in [2.05, 4.69) is 20.9 Å². The number of nitrogens with zero attached hydrogens (tertiary/aromatic N) is 2. The van der Waals surface area contributed by atoms with Crippen LogP contribution in [-0.2, 0) is 16.4 Å². The number of hydrogen-bond acceptors (Lipinski definition) is 4. The number of aromatic carboxylic acids is 1. The highest BCUT2D eigenvalue weighted by atomic mass is 79.9. The van der Waals surface area contributed by atoms with Crippen LogP contribution in [-0.4, -0.2) is 34.8 Å². The van der Waals surface area contributed by atoms with Gasteiger partial charge in [0.15, 0.2) is 9.84 Å². The van der Waals surface area contributed by atoms with Crippen molar-refractivity contribution >= 4 is 31.7 Å². The lowest BCUT2D eigenvalue weighted by Crippen LogP contribution is -2.14. The van der Waals surface area contributed by atoms with Crippen LogP contribution in [0.3, 0.4) is 0 Å². The molecule has 0 aliphatic heterocycles. The number of hydrogen-bond donors (Lipinski definition) is 1. The molecule has 0 bridgehead atoms. The van der Waals surface area contributed by atoms with Crippen molar-refractivity contribution in [2.24, 2.45) is 0 Å². The summed E-state index contributed by atoms with van der Waals surface area (Å²) in [5, 5.41) is 9.04. The third-order valence-electron chi connectivity index (χ3n) is 3.06. The molecule has 21 heavy (non-hydrogen) atoms. The molecule has 0 aliphatic rings. The van der Waals surface area contributed by atoms with Crippen LogP contribution in [0.4, 0.5) is 0 Å². The third kappa shape index (κ3) is 3.51. The van der Waals surface area contributed by atoms with Crippen LogP contribution in [0, 0.1) is 6.92 Å². The van der Waals surface area contributed by atoms with E-state index in [1.165, 1.54) is 18.5 Å². The van der Waals surface area contributed by atoms with E-state index in [-0.39, 0.29) is 22.8 Å². The number of halogens is 1. The average molecular weight is 373 g/mol. The first-order chi connectivity index (χ1) is 9.81. The second kappa shape index (κ2) is 5.98. The third-order valence-corrected chi connectivity index (χ3v) is 5.69. The van der Waals surface area contributed by atoms with Gasteiger partial charge in [-0.3, -0.25) is 0 Å². The number of aromatic nitrogens is 2. The fraction of sp³-hybridized carbons (Fsp3) is 0.231. The van der Waals surface area contributed by atoms with Gasteiger partial charge in [-0.05, 0) is 24.6 Å². The van der Waals surface area contributed by atoms with Crippen molar-refractivity contribution in [3.05, 3.63) is 46.5 Å². The number of rotatable bonds is 5. The van der Waals surface area contributed by atoms with Crippen LogP contribution in [0.25, 0.3) is 0 Å². The Morgan fingerprint density at radius 3 is 2.71 bits per heavy atom. The SMILES string of the molecule is Cc1c(Br)cc(C(=O)O)cc1S(=O)(=O)CCn1ccnc1. The molecule has 0 aliphatic carbocycles. The lowest BCUT2D eigenvalue weighted by molar-refractivity contribution is 0.0696. The summed E-state index contributed by atoms with van der Waals surface area (Å²) in [6.07, 6.45) is 4.78. The summed E-state index contributed by atoms with van der Waals surface area (Å²) in [4.78, 5) is 14.9. The summed E-state index contributed by atoms with van der Waals surface area (Å²) in [5.74, 6) is -1.29. The highest BCUT2D eigenvalue weighted by molar-refractivity contribution is 9.10. The van der Waals surface area contributed by atoms with E-state index in [1.54, 1.807) is 23.9 Å². The van der Waals surface area contributed by atoms with Gasteiger partial charge < -0.3 is 9.67 Å². The van der Waals surface area contributed by atoms with Gasteiger partial charge in [-0.25, -0.2) is 18.2 Å². The van der Waals surface area contributed by atoms with Gasteiger partial charge in [-0.15, -0.1) is 0 Å². The maximum atomic E-state index is 12.4. The molecule has 8 heteroatoms. The molecular weight excluding hydrogens is 360 g/mol. The van der Waals surface area contributed by atoms with Crippen LogP contribution in [0.1, 0.15) is 15.9 Å². The van der Waals surface area contributed by atoms with Gasteiger partial charge in [0.1, 0.15) is 0 Å². The van der Waals surface area contributed by atoms with Gasteiger partial charge in [0.05, 0.1) is 22.5 Å². The Balaban J connectivity index is 2.37. The molecule has 2 aromatic rings. The van der Waals surface area contributed by atoms with Gasteiger partial charge >= 0.3 is 5.97 Å². The maximum absolute atomic E-state index is 12.4. The molecule has 0 fully saturated rings. The number of imidazole rings is 1. The van der Waals surface area contributed by atoms with Crippen LogP contribution in [0.5, 0.6) is 0 Å². The largest absolute Gasteiger partial charge is 0.478 e. The molecule has 0 spiro atoms. The van der Waals surface area contributed by atoms with Gasteiger partial charge in [0.2, 0.25) is 0 Å². The molecule has 0 saturated carbocycles. The Morgan fingerprint density at radius 1 is 1.43 bits per heavy atom. The summed E-state index contributed by atoms with van der Waals surface area (Å²) in [6, 6.07) is 2.60. The van der Waals surface area contributed by atoms with E-state index in [4.69, 9.17) is 5.11 Å². The fourth-order valence-electron chi connectivity index (χ4n) is 1.85. The average Bonchev–Trinajstić information content (AvgIpc) is 2.92. The molecule has 112 valence electrons. The first-order valence-corrected chi connectivity index (χ1v) is 8.48.